The highest BCUT2D eigenvalue weighted by molar-refractivity contribution is 6.04. The summed E-state index contributed by atoms with van der Waals surface area (Å²) in [5.74, 6) is 1.34. The van der Waals surface area contributed by atoms with Crippen molar-refractivity contribution < 1.29 is 9.53 Å². The number of ether oxygens (including phenoxy) is 1. The molecule has 142 valence electrons. The molecule has 6 heteroatoms. The molecule has 3 aromatic carbocycles. The van der Waals surface area contributed by atoms with Crippen molar-refractivity contribution >= 4 is 23.2 Å². The lowest BCUT2D eigenvalue weighted by molar-refractivity contribution is 0.102. The maximum absolute atomic E-state index is 12.6. The molecule has 0 spiro atoms. The van der Waals surface area contributed by atoms with E-state index in [1.807, 2.05) is 72.8 Å². The van der Waals surface area contributed by atoms with Gasteiger partial charge in [-0.25, -0.2) is 9.97 Å². The molecule has 0 fully saturated rings. The van der Waals surface area contributed by atoms with E-state index in [-0.39, 0.29) is 5.91 Å². The van der Waals surface area contributed by atoms with Crippen LogP contribution in [0.1, 0.15) is 10.4 Å². The third-order valence-corrected chi connectivity index (χ3v) is 4.05. The molecule has 6 nitrogen and oxygen atoms in total. The number of benzene rings is 3. The Bertz CT molecular complexity index is 1080. The fourth-order valence-corrected chi connectivity index (χ4v) is 2.63. The number of anilines is 3. The van der Waals surface area contributed by atoms with Crippen molar-refractivity contribution in [2.45, 2.75) is 0 Å². The van der Waals surface area contributed by atoms with Crippen LogP contribution in [0.15, 0.2) is 97.3 Å². The predicted molar refractivity (Wildman–Crippen MR) is 113 cm³/mol. The number of nitrogens with one attached hydrogen (secondary N) is 2. The van der Waals surface area contributed by atoms with E-state index in [9.17, 15) is 4.79 Å². The van der Waals surface area contributed by atoms with Crippen LogP contribution in [-0.2, 0) is 0 Å². The summed E-state index contributed by atoms with van der Waals surface area (Å²) in [6, 6.07) is 26.2. The van der Waals surface area contributed by atoms with Crippen molar-refractivity contribution in [2.24, 2.45) is 0 Å². The van der Waals surface area contributed by atoms with Crippen LogP contribution < -0.4 is 15.4 Å². The number of carbonyl (C=O) groups is 1. The zero-order valence-corrected chi connectivity index (χ0v) is 15.4. The summed E-state index contributed by atoms with van der Waals surface area (Å²) in [5, 5.41) is 5.93. The number of carbonyl (C=O) groups excluding carboxylic acids is 1. The minimum atomic E-state index is -0.319. The van der Waals surface area contributed by atoms with E-state index in [2.05, 4.69) is 20.6 Å². The largest absolute Gasteiger partial charge is 0.455 e. The van der Waals surface area contributed by atoms with Gasteiger partial charge in [0, 0.05) is 18.1 Å². The SMILES string of the molecule is O=C(Nc1ccccc1Oc1ccccc1)c1cnc(Nc2ccccc2)nc1. The first-order valence-corrected chi connectivity index (χ1v) is 9.05. The molecule has 0 aliphatic carbocycles. The van der Waals surface area contributed by atoms with Crippen LogP contribution in [0.4, 0.5) is 17.3 Å². The Hall–Kier alpha value is -4.19. The number of aromatic nitrogens is 2. The van der Waals surface area contributed by atoms with Crippen LogP contribution in [0.5, 0.6) is 11.5 Å². The van der Waals surface area contributed by atoms with Gasteiger partial charge in [0.15, 0.2) is 5.75 Å². The summed E-state index contributed by atoms with van der Waals surface area (Å²) >= 11 is 0. The standard InChI is InChI=1S/C23H18N4O2/c28-22(17-15-24-23(25-16-17)26-18-9-3-1-4-10-18)27-20-13-7-8-14-21(20)29-19-11-5-2-6-12-19/h1-16H,(H,27,28)(H,24,25,26). The van der Waals surface area contributed by atoms with E-state index in [0.717, 1.165) is 5.69 Å². The molecule has 2 N–H and O–H groups in total. The summed E-state index contributed by atoms with van der Waals surface area (Å²) in [6.45, 7) is 0. The molecular weight excluding hydrogens is 364 g/mol. The molecule has 4 aromatic rings. The molecule has 1 aromatic heterocycles. The fraction of sp³-hybridized carbons (Fsp3) is 0. The van der Waals surface area contributed by atoms with E-state index >= 15 is 0 Å². The fourth-order valence-electron chi connectivity index (χ4n) is 2.63. The van der Waals surface area contributed by atoms with Crippen molar-refractivity contribution in [2.75, 3.05) is 10.6 Å². The van der Waals surface area contributed by atoms with E-state index in [1.165, 1.54) is 12.4 Å². The highest BCUT2D eigenvalue weighted by atomic mass is 16.5. The molecule has 0 unspecified atom stereocenters. The maximum atomic E-state index is 12.6. The molecule has 0 aliphatic rings. The van der Waals surface area contributed by atoms with Gasteiger partial charge in [0.25, 0.3) is 5.91 Å². The lowest BCUT2D eigenvalue weighted by Crippen LogP contribution is -2.13. The molecule has 0 atom stereocenters. The smallest absolute Gasteiger partial charge is 0.258 e. The van der Waals surface area contributed by atoms with E-state index in [1.54, 1.807) is 12.1 Å². The Labute approximate surface area is 168 Å². The topological polar surface area (TPSA) is 76.1 Å². The normalized spacial score (nSPS) is 10.2. The molecule has 0 aliphatic heterocycles. The molecule has 1 heterocycles. The molecular formula is C23H18N4O2. The quantitative estimate of drug-likeness (QED) is 0.475. The molecule has 0 radical (unpaired) electrons. The van der Waals surface area contributed by atoms with Gasteiger partial charge < -0.3 is 15.4 Å². The van der Waals surface area contributed by atoms with Crippen LogP contribution >= 0.6 is 0 Å². The maximum Gasteiger partial charge on any atom is 0.258 e. The van der Waals surface area contributed by atoms with Gasteiger partial charge in [0.1, 0.15) is 5.75 Å². The van der Waals surface area contributed by atoms with Gasteiger partial charge in [0.05, 0.1) is 11.3 Å². The van der Waals surface area contributed by atoms with Gasteiger partial charge >= 0.3 is 0 Å². The van der Waals surface area contributed by atoms with Crippen LogP contribution in [-0.4, -0.2) is 15.9 Å². The molecule has 0 saturated carbocycles. The highest BCUT2D eigenvalue weighted by Gasteiger charge is 2.11. The van der Waals surface area contributed by atoms with E-state index < -0.39 is 0 Å². The Morgan fingerprint density at radius 2 is 1.38 bits per heavy atom. The molecule has 4 rings (SSSR count). The van der Waals surface area contributed by atoms with Crippen LogP contribution in [0.3, 0.4) is 0 Å². The Morgan fingerprint density at radius 3 is 2.10 bits per heavy atom. The minimum Gasteiger partial charge on any atom is -0.455 e. The number of amides is 1. The van der Waals surface area contributed by atoms with Crippen molar-refractivity contribution in [3.8, 4) is 11.5 Å². The number of para-hydroxylation sites is 4. The van der Waals surface area contributed by atoms with Crippen LogP contribution in [0, 0.1) is 0 Å². The Kier molecular flexibility index (Phi) is 5.43. The van der Waals surface area contributed by atoms with Gasteiger partial charge in [-0.05, 0) is 36.4 Å². The van der Waals surface area contributed by atoms with Crippen molar-refractivity contribution in [3.05, 3.63) is 103 Å². The summed E-state index contributed by atoms with van der Waals surface area (Å²) in [4.78, 5) is 21.0. The summed E-state index contributed by atoms with van der Waals surface area (Å²) in [7, 11) is 0. The third kappa shape index (κ3) is 4.75. The Balaban J connectivity index is 1.46. The number of hydrogen-bond donors (Lipinski definition) is 2. The average molecular weight is 382 g/mol. The number of hydrogen-bond acceptors (Lipinski definition) is 5. The molecule has 0 bridgehead atoms. The lowest BCUT2D eigenvalue weighted by atomic mass is 10.2. The van der Waals surface area contributed by atoms with Crippen LogP contribution in [0.2, 0.25) is 0 Å². The summed E-state index contributed by atoms with van der Waals surface area (Å²) in [6.07, 6.45) is 2.96. The first kappa shape index (κ1) is 18.2. The van der Waals surface area contributed by atoms with Gasteiger partial charge in [-0.3, -0.25) is 4.79 Å². The second-order valence-electron chi connectivity index (χ2n) is 6.15. The van der Waals surface area contributed by atoms with Crippen molar-refractivity contribution in [1.29, 1.82) is 0 Å². The van der Waals surface area contributed by atoms with Gasteiger partial charge in [-0.1, -0.05) is 48.5 Å². The molecule has 1 amide bonds. The zero-order valence-electron chi connectivity index (χ0n) is 15.4. The first-order valence-electron chi connectivity index (χ1n) is 9.05. The second kappa shape index (κ2) is 8.67. The first-order chi connectivity index (χ1) is 14.3. The van der Waals surface area contributed by atoms with E-state index in [4.69, 9.17) is 4.74 Å². The minimum absolute atomic E-state index is 0.319. The lowest BCUT2D eigenvalue weighted by Gasteiger charge is -2.12. The van der Waals surface area contributed by atoms with Crippen molar-refractivity contribution in [1.82, 2.24) is 9.97 Å². The van der Waals surface area contributed by atoms with Crippen molar-refractivity contribution in [3.63, 3.8) is 0 Å². The highest BCUT2D eigenvalue weighted by Crippen LogP contribution is 2.29. The number of nitrogens with zero attached hydrogens (tertiary/aromatic N) is 2. The Morgan fingerprint density at radius 1 is 0.759 bits per heavy atom. The van der Waals surface area contributed by atoms with Gasteiger partial charge in [-0.2, -0.15) is 0 Å². The second-order valence-corrected chi connectivity index (χ2v) is 6.15. The monoisotopic (exact) mass is 382 g/mol. The van der Waals surface area contributed by atoms with Gasteiger partial charge in [0.2, 0.25) is 5.95 Å². The predicted octanol–water partition coefficient (Wildman–Crippen LogP) is 5.26. The molecule has 29 heavy (non-hydrogen) atoms. The van der Waals surface area contributed by atoms with Crippen LogP contribution in [0.25, 0.3) is 0 Å². The van der Waals surface area contributed by atoms with E-state index in [0.29, 0.717) is 28.7 Å². The third-order valence-electron chi connectivity index (χ3n) is 4.05. The zero-order chi connectivity index (χ0) is 19.9. The van der Waals surface area contributed by atoms with Gasteiger partial charge in [-0.15, -0.1) is 0 Å². The number of rotatable bonds is 6. The average Bonchev–Trinajstić information content (AvgIpc) is 2.77. The molecule has 0 saturated heterocycles. The summed E-state index contributed by atoms with van der Waals surface area (Å²) in [5.41, 5.74) is 1.78. The summed E-state index contributed by atoms with van der Waals surface area (Å²) < 4.78 is 5.88.